The number of non-ortho nitro benzene ring substituents is 2. The predicted molar refractivity (Wildman–Crippen MR) is 151 cm³/mol. The zero-order valence-corrected chi connectivity index (χ0v) is 22.1. The zero-order valence-electron chi connectivity index (χ0n) is 22.1. The highest BCUT2D eigenvalue weighted by atomic mass is 16.6. The van der Waals surface area contributed by atoms with Crippen LogP contribution in [0.2, 0.25) is 0 Å². The number of rotatable bonds is 13. The van der Waals surface area contributed by atoms with Gasteiger partial charge in [0.05, 0.1) is 49.6 Å². The van der Waals surface area contributed by atoms with E-state index < -0.39 is 42.4 Å². The van der Waals surface area contributed by atoms with Crippen molar-refractivity contribution in [2.45, 2.75) is 45.4 Å². The molecule has 1 aliphatic carbocycles. The van der Waals surface area contributed by atoms with Gasteiger partial charge in [0, 0.05) is 23.3 Å². The molecule has 0 radical (unpaired) electrons. The number of nitro groups is 4. The molecule has 0 unspecified atom stereocenters. The number of ether oxygens (including phenoxy) is 1. The molecule has 0 bridgehead atoms. The first-order valence-electron chi connectivity index (χ1n) is 13.0. The average Bonchev–Trinajstić information content (AvgIpc) is 3.25. The molecule has 4 rings (SSSR count). The van der Waals surface area contributed by atoms with Gasteiger partial charge in [-0.15, -0.1) is 0 Å². The molecule has 0 atom stereocenters. The van der Waals surface area contributed by atoms with Gasteiger partial charge in [-0.2, -0.15) is 0 Å². The Morgan fingerprint density at radius 3 is 1.61 bits per heavy atom. The highest BCUT2D eigenvalue weighted by molar-refractivity contribution is 6.12. The van der Waals surface area contributed by atoms with Crippen LogP contribution in [-0.4, -0.2) is 26.3 Å². The Bertz CT molecular complexity index is 1480. The first-order chi connectivity index (χ1) is 19.6. The third-order valence-corrected chi connectivity index (χ3v) is 6.81. The molecule has 212 valence electrons. The van der Waals surface area contributed by atoms with Gasteiger partial charge in [-0.25, -0.2) is 0 Å². The van der Waals surface area contributed by atoms with E-state index in [0.717, 1.165) is 43.5 Å². The van der Waals surface area contributed by atoms with E-state index in [-0.39, 0.29) is 27.8 Å². The third kappa shape index (κ3) is 6.19. The van der Waals surface area contributed by atoms with Crippen LogP contribution in [-0.2, 0) is 0 Å². The van der Waals surface area contributed by atoms with Crippen LogP contribution in [0, 0.1) is 40.5 Å². The van der Waals surface area contributed by atoms with E-state index in [1.807, 2.05) is 0 Å². The first-order valence-corrected chi connectivity index (χ1v) is 13.0. The van der Waals surface area contributed by atoms with E-state index in [0.29, 0.717) is 17.9 Å². The molecular formula is C28H26N4O9. The second-order valence-corrected chi connectivity index (χ2v) is 9.55. The maximum absolute atomic E-state index is 11.9. The van der Waals surface area contributed by atoms with Crippen LogP contribution in [0.1, 0.15) is 62.1 Å². The van der Waals surface area contributed by atoms with Crippen LogP contribution in [0.5, 0.6) is 5.75 Å². The molecule has 13 heteroatoms. The lowest BCUT2D eigenvalue weighted by Crippen LogP contribution is -1.99. The summed E-state index contributed by atoms with van der Waals surface area (Å²) in [6, 6.07) is 10.4. The van der Waals surface area contributed by atoms with Gasteiger partial charge >= 0.3 is 0 Å². The van der Waals surface area contributed by atoms with E-state index in [9.17, 15) is 40.5 Å². The van der Waals surface area contributed by atoms with E-state index in [1.54, 1.807) is 24.3 Å². The normalized spacial score (nSPS) is 11.5. The lowest BCUT2D eigenvalue weighted by molar-refractivity contribution is -0.395. The molecule has 0 saturated heterocycles. The van der Waals surface area contributed by atoms with Crippen LogP contribution in [0.3, 0.4) is 0 Å². The minimum Gasteiger partial charge on any atom is -0.494 e. The monoisotopic (exact) mass is 562 g/mol. The minimum atomic E-state index is -0.861. The maximum atomic E-state index is 11.9. The van der Waals surface area contributed by atoms with Gasteiger partial charge in [0.25, 0.3) is 22.7 Å². The maximum Gasteiger partial charge on any atom is 0.284 e. The van der Waals surface area contributed by atoms with Crippen molar-refractivity contribution < 1.29 is 24.4 Å². The average molecular weight is 563 g/mol. The smallest absolute Gasteiger partial charge is 0.284 e. The van der Waals surface area contributed by atoms with Crippen molar-refractivity contribution in [3.8, 4) is 16.9 Å². The number of benzene rings is 3. The van der Waals surface area contributed by atoms with E-state index in [2.05, 4.69) is 6.92 Å². The van der Waals surface area contributed by atoms with Gasteiger partial charge in [0.1, 0.15) is 5.75 Å². The molecular weight excluding hydrogens is 536 g/mol. The number of nitro benzene ring substituents is 4. The third-order valence-electron chi connectivity index (χ3n) is 6.81. The molecule has 41 heavy (non-hydrogen) atoms. The SMILES string of the molecule is CCCCCCCCOc1ccc(C=C2c3cc([N+](=O)[O-])cc([N+](=O)[O-])c3-c3c2cc([N+](=O)[O-])cc3[N+](=O)[O-])cc1. The molecule has 13 nitrogen and oxygen atoms in total. The summed E-state index contributed by atoms with van der Waals surface area (Å²) < 4.78 is 5.80. The summed E-state index contributed by atoms with van der Waals surface area (Å²) in [7, 11) is 0. The van der Waals surface area contributed by atoms with Crippen LogP contribution in [0.25, 0.3) is 22.8 Å². The van der Waals surface area contributed by atoms with E-state index in [4.69, 9.17) is 4.74 Å². The van der Waals surface area contributed by atoms with Gasteiger partial charge in [-0.05, 0) is 35.8 Å². The lowest BCUT2D eigenvalue weighted by atomic mass is 10.00. The standard InChI is InChI=1S/C28H26N4O9/c1-2-3-4-5-6-7-12-41-21-10-8-18(9-11-21)13-22-23-14-19(29(33)34)16-25(31(37)38)27(23)28-24(22)15-20(30(35)36)17-26(28)32(39)40/h8-11,13-17H,2-7,12H2,1H3. The van der Waals surface area contributed by atoms with Crippen molar-refractivity contribution in [3.05, 3.63) is 106 Å². The predicted octanol–water partition coefficient (Wildman–Crippen LogP) is 7.63. The molecule has 3 aromatic rings. The summed E-state index contributed by atoms with van der Waals surface area (Å²) >= 11 is 0. The number of hydrogen-bond donors (Lipinski definition) is 0. The highest BCUT2D eigenvalue weighted by Crippen LogP contribution is 2.54. The van der Waals surface area contributed by atoms with Crippen LogP contribution in [0.4, 0.5) is 22.7 Å². The van der Waals surface area contributed by atoms with Crippen LogP contribution in [0.15, 0.2) is 48.5 Å². The molecule has 3 aromatic carbocycles. The Kier molecular flexibility index (Phi) is 8.66. The number of fused-ring (bicyclic) bond motifs is 3. The molecule has 0 fully saturated rings. The van der Waals surface area contributed by atoms with Crippen molar-refractivity contribution >= 4 is 34.4 Å². The Labute approximate surface area is 233 Å². The topological polar surface area (TPSA) is 182 Å². The summed E-state index contributed by atoms with van der Waals surface area (Å²) in [6.07, 6.45) is 8.26. The van der Waals surface area contributed by atoms with Gasteiger partial charge in [0.2, 0.25) is 0 Å². The fraction of sp³-hybridized carbons (Fsp3) is 0.286. The fourth-order valence-electron chi connectivity index (χ4n) is 4.87. The summed E-state index contributed by atoms with van der Waals surface area (Å²) in [4.78, 5) is 43.8. The van der Waals surface area contributed by atoms with Gasteiger partial charge in [0.15, 0.2) is 0 Å². The van der Waals surface area contributed by atoms with Crippen LogP contribution < -0.4 is 4.74 Å². The van der Waals surface area contributed by atoms with Crippen molar-refractivity contribution in [1.29, 1.82) is 0 Å². The Hall–Kier alpha value is -5.20. The second-order valence-electron chi connectivity index (χ2n) is 9.55. The van der Waals surface area contributed by atoms with Crippen molar-refractivity contribution in [2.24, 2.45) is 0 Å². The lowest BCUT2D eigenvalue weighted by Gasteiger charge is -2.07. The summed E-state index contributed by atoms with van der Waals surface area (Å²) in [6.45, 7) is 2.71. The molecule has 0 saturated carbocycles. The summed E-state index contributed by atoms with van der Waals surface area (Å²) in [5, 5.41) is 47.1. The van der Waals surface area contributed by atoms with Gasteiger partial charge < -0.3 is 4.74 Å². The van der Waals surface area contributed by atoms with Crippen molar-refractivity contribution in [1.82, 2.24) is 0 Å². The highest BCUT2D eigenvalue weighted by Gasteiger charge is 2.40. The molecule has 1 aliphatic rings. The van der Waals surface area contributed by atoms with Gasteiger partial charge in [-0.1, -0.05) is 51.2 Å². The first kappa shape index (κ1) is 28.8. The molecule has 0 aliphatic heterocycles. The van der Waals surface area contributed by atoms with E-state index >= 15 is 0 Å². The molecule has 0 heterocycles. The molecule has 0 amide bonds. The number of nitrogens with zero attached hydrogens (tertiary/aromatic N) is 4. The van der Waals surface area contributed by atoms with Crippen molar-refractivity contribution in [3.63, 3.8) is 0 Å². The summed E-state index contributed by atoms with van der Waals surface area (Å²) in [5.74, 6) is 0.616. The zero-order chi connectivity index (χ0) is 29.7. The fourth-order valence-corrected chi connectivity index (χ4v) is 4.87. The number of unbranched alkanes of at least 4 members (excludes halogenated alkanes) is 5. The quantitative estimate of drug-likeness (QED) is 0.0898. The Balaban J connectivity index is 1.77. The molecule has 0 spiro atoms. The van der Waals surface area contributed by atoms with Crippen molar-refractivity contribution in [2.75, 3.05) is 6.61 Å². The second kappa shape index (κ2) is 12.3. The Morgan fingerprint density at radius 2 is 1.15 bits per heavy atom. The van der Waals surface area contributed by atoms with Crippen LogP contribution >= 0.6 is 0 Å². The van der Waals surface area contributed by atoms with E-state index in [1.165, 1.54) is 25.3 Å². The molecule has 0 N–H and O–H groups in total. The molecule has 0 aromatic heterocycles. The number of hydrogen-bond acceptors (Lipinski definition) is 9. The summed E-state index contributed by atoms with van der Waals surface area (Å²) in [5.41, 5.74) is -2.34. The Morgan fingerprint density at radius 1 is 0.659 bits per heavy atom. The van der Waals surface area contributed by atoms with Gasteiger partial charge in [-0.3, -0.25) is 40.5 Å². The largest absolute Gasteiger partial charge is 0.494 e. The minimum absolute atomic E-state index is 0.00658.